The molecule has 0 spiro atoms. The fourth-order valence-corrected chi connectivity index (χ4v) is 3.83. The van der Waals surface area contributed by atoms with Gasteiger partial charge in [0.25, 0.3) is 0 Å². The number of aromatic amines is 2. The Morgan fingerprint density at radius 2 is 2.00 bits per heavy atom. The molecule has 0 amide bonds. The summed E-state index contributed by atoms with van der Waals surface area (Å²) in [5, 5.41) is 9.99. The number of aromatic nitrogens is 6. The van der Waals surface area contributed by atoms with Gasteiger partial charge in [0.2, 0.25) is 0 Å². The lowest BCUT2D eigenvalue weighted by Gasteiger charge is -2.05. The van der Waals surface area contributed by atoms with Gasteiger partial charge in [-0.15, -0.1) is 0 Å². The maximum absolute atomic E-state index is 10.3. The lowest BCUT2D eigenvalue weighted by Crippen LogP contribution is -2.14. The van der Waals surface area contributed by atoms with Gasteiger partial charge in [-0.3, -0.25) is 19.7 Å². The van der Waals surface area contributed by atoms with E-state index in [9.17, 15) is 4.79 Å². The highest BCUT2D eigenvalue weighted by atomic mass is 16.1. The van der Waals surface area contributed by atoms with Crippen LogP contribution >= 0.6 is 0 Å². The zero-order chi connectivity index (χ0) is 28.2. The minimum atomic E-state index is 0.345. The van der Waals surface area contributed by atoms with Crippen LogP contribution in [0.2, 0.25) is 0 Å². The van der Waals surface area contributed by atoms with Crippen molar-refractivity contribution in [2.75, 3.05) is 26.5 Å². The number of hydrogen-bond donors (Lipinski definition) is 3. The van der Waals surface area contributed by atoms with Crippen molar-refractivity contribution in [2.24, 2.45) is 9.98 Å². The number of allylic oxidation sites excluding steroid dienone is 3. The number of imidazole rings is 2. The van der Waals surface area contributed by atoms with Gasteiger partial charge < -0.3 is 15.1 Å². The van der Waals surface area contributed by atoms with Crippen LogP contribution in [0.5, 0.6) is 0 Å². The van der Waals surface area contributed by atoms with E-state index in [1.165, 1.54) is 0 Å². The summed E-state index contributed by atoms with van der Waals surface area (Å²) in [6.07, 6.45) is 10.9. The first-order valence-corrected chi connectivity index (χ1v) is 12.6. The number of nitrogens with one attached hydrogen (secondary N) is 3. The second-order valence-corrected chi connectivity index (χ2v) is 8.46. The summed E-state index contributed by atoms with van der Waals surface area (Å²) in [4.78, 5) is 31.2. The third kappa shape index (κ3) is 7.35. The third-order valence-corrected chi connectivity index (χ3v) is 5.75. The monoisotopic (exact) mass is 525 g/mol. The first-order valence-electron chi connectivity index (χ1n) is 12.6. The molecule has 0 bridgehead atoms. The lowest BCUT2D eigenvalue weighted by atomic mass is 10.1. The van der Waals surface area contributed by atoms with Crippen LogP contribution in [-0.4, -0.2) is 69.2 Å². The third-order valence-electron chi connectivity index (χ3n) is 5.75. The van der Waals surface area contributed by atoms with Crippen molar-refractivity contribution < 1.29 is 4.79 Å². The Kier molecular flexibility index (Phi) is 10.4. The SMILES string of the molecule is C=C/C=C(\C=NC)c1cc(CC=O)[nH]n1.CCc1[nH]c(-c2ccc(NC)cc2)nc1C(=NC)n1cnc(C)c1. The van der Waals surface area contributed by atoms with Crippen LogP contribution in [0.1, 0.15) is 35.4 Å². The number of hydrogen-bond acceptors (Lipinski definition) is 7. The van der Waals surface area contributed by atoms with E-state index in [1.54, 1.807) is 32.7 Å². The molecule has 10 nitrogen and oxygen atoms in total. The highest BCUT2D eigenvalue weighted by Gasteiger charge is 2.17. The van der Waals surface area contributed by atoms with Crippen LogP contribution in [0.25, 0.3) is 17.0 Å². The van der Waals surface area contributed by atoms with Crippen LogP contribution in [0.3, 0.4) is 0 Å². The zero-order valence-electron chi connectivity index (χ0n) is 23.1. The first kappa shape index (κ1) is 28.7. The van der Waals surface area contributed by atoms with E-state index >= 15 is 0 Å². The minimum absolute atomic E-state index is 0.345. The van der Waals surface area contributed by atoms with Gasteiger partial charge in [-0.1, -0.05) is 25.7 Å². The molecule has 0 radical (unpaired) electrons. The average Bonchev–Trinajstić information content (AvgIpc) is 3.70. The first-order chi connectivity index (χ1) is 19.0. The van der Waals surface area contributed by atoms with Gasteiger partial charge in [-0.2, -0.15) is 5.10 Å². The number of aliphatic imine (C=N–C) groups is 2. The molecule has 0 saturated heterocycles. The van der Waals surface area contributed by atoms with E-state index in [1.807, 2.05) is 49.0 Å². The standard InChI is InChI=1S/C18H22N6.C11H13N3O/c1-5-15-16(18(20-4)24-10-12(2)21-11-24)23-17(22-15)13-6-8-14(19-3)9-7-13;1-3-4-9(8-12-2)11-7-10(5-6-15)13-14-11/h6-11,19H,5H2,1-4H3,(H,22,23);3-4,6-8H,1,5H2,2H3,(H,13,14)/b;9-4+,12-8?. The molecule has 0 saturated carbocycles. The quantitative estimate of drug-likeness (QED) is 0.128. The number of aldehydes is 1. The minimum Gasteiger partial charge on any atom is -0.388 e. The second-order valence-electron chi connectivity index (χ2n) is 8.46. The van der Waals surface area contributed by atoms with Gasteiger partial charge in [-0.25, -0.2) is 9.97 Å². The molecule has 3 N–H and O–H groups in total. The van der Waals surface area contributed by atoms with Crippen LogP contribution in [-0.2, 0) is 17.6 Å². The van der Waals surface area contributed by atoms with Crippen LogP contribution < -0.4 is 5.32 Å². The Balaban J connectivity index is 0.000000242. The van der Waals surface area contributed by atoms with Gasteiger partial charge in [0.05, 0.1) is 11.4 Å². The van der Waals surface area contributed by atoms with Gasteiger partial charge in [0.1, 0.15) is 24.1 Å². The molecule has 3 heterocycles. The molecule has 0 aliphatic heterocycles. The van der Waals surface area contributed by atoms with Gasteiger partial charge >= 0.3 is 0 Å². The Labute approximate surface area is 228 Å². The average molecular weight is 526 g/mol. The molecule has 0 aliphatic carbocycles. The van der Waals surface area contributed by atoms with E-state index in [0.29, 0.717) is 6.42 Å². The predicted octanol–water partition coefficient (Wildman–Crippen LogP) is 4.53. The summed E-state index contributed by atoms with van der Waals surface area (Å²) in [5.41, 5.74) is 7.42. The molecule has 4 rings (SSSR count). The molecule has 202 valence electrons. The van der Waals surface area contributed by atoms with Crippen molar-refractivity contribution in [1.82, 2.24) is 29.7 Å². The summed E-state index contributed by atoms with van der Waals surface area (Å²) >= 11 is 0. The van der Waals surface area contributed by atoms with Crippen molar-refractivity contribution in [3.63, 3.8) is 0 Å². The Morgan fingerprint density at radius 1 is 1.23 bits per heavy atom. The summed E-state index contributed by atoms with van der Waals surface area (Å²) in [5.74, 6) is 1.64. The highest BCUT2D eigenvalue weighted by molar-refractivity contribution is 6.09. The Hall–Kier alpha value is -4.86. The molecule has 3 aromatic heterocycles. The number of nitrogens with zero attached hydrogens (tertiary/aromatic N) is 6. The highest BCUT2D eigenvalue weighted by Crippen LogP contribution is 2.22. The van der Waals surface area contributed by atoms with Crippen LogP contribution in [0.15, 0.2) is 71.6 Å². The molecule has 39 heavy (non-hydrogen) atoms. The number of carbonyl (C=O) groups excluding carboxylic acids is 1. The van der Waals surface area contributed by atoms with E-state index in [-0.39, 0.29) is 0 Å². The molecule has 4 aromatic rings. The summed E-state index contributed by atoms with van der Waals surface area (Å²) in [7, 11) is 5.38. The summed E-state index contributed by atoms with van der Waals surface area (Å²) in [6, 6.07) is 10.0. The number of H-pyrrole nitrogens is 2. The van der Waals surface area contributed by atoms with E-state index in [2.05, 4.69) is 61.1 Å². The smallest absolute Gasteiger partial charge is 0.161 e. The van der Waals surface area contributed by atoms with Gasteiger partial charge in [-0.05, 0) is 43.7 Å². The second kappa shape index (κ2) is 14.2. The topological polar surface area (TPSA) is 129 Å². The predicted molar refractivity (Wildman–Crippen MR) is 159 cm³/mol. The normalized spacial score (nSPS) is 11.8. The van der Waals surface area contributed by atoms with Gasteiger partial charge in [0.15, 0.2) is 5.84 Å². The molecular formula is C29H35N9O. The Morgan fingerprint density at radius 3 is 2.56 bits per heavy atom. The van der Waals surface area contributed by atoms with Crippen molar-refractivity contribution >= 4 is 29.6 Å². The molecule has 0 atom stereocenters. The molecular weight excluding hydrogens is 490 g/mol. The molecule has 1 aromatic carbocycles. The van der Waals surface area contributed by atoms with Crippen molar-refractivity contribution in [3.05, 3.63) is 90.1 Å². The summed E-state index contributed by atoms with van der Waals surface area (Å²) in [6.45, 7) is 7.69. The lowest BCUT2D eigenvalue weighted by molar-refractivity contribution is -0.107. The maximum atomic E-state index is 10.3. The molecule has 0 fully saturated rings. The zero-order valence-corrected chi connectivity index (χ0v) is 23.1. The van der Waals surface area contributed by atoms with E-state index in [0.717, 1.165) is 69.7 Å². The van der Waals surface area contributed by atoms with E-state index < -0.39 is 0 Å². The number of carbonyl (C=O) groups is 1. The van der Waals surface area contributed by atoms with Crippen molar-refractivity contribution in [2.45, 2.75) is 26.7 Å². The number of benzene rings is 1. The van der Waals surface area contributed by atoms with Gasteiger partial charge in [0, 0.05) is 68.2 Å². The molecule has 0 unspecified atom stereocenters. The van der Waals surface area contributed by atoms with E-state index in [4.69, 9.17) is 4.98 Å². The molecule has 0 aliphatic rings. The maximum Gasteiger partial charge on any atom is 0.161 e. The largest absolute Gasteiger partial charge is 0.388 e. The van der Waals surface area contributed by atoms with Crippen molar-refractivity contribution in [3.8, 4) is 11.4 Å². The number of aryl methyl sites for hydroxylation is 2. The van der Waals surface area contributed by atoms with Crippen LogP contribution in [0.4, 0.5) is 5.69 Å². The fraction of sp³-hybridized carbons (Fsp3) is 0.241. The number of anilines is 1. The van der Waals surface area contributed by atoms with Crippen molar-refractivity contribution in [1.29, 1.82) is 0 Å². The number of rotatable bonds is 9. The molecule has 10 heteroatoms. The van der Waals surface area contributed by atoms with Crippen LogP contribution in [0, 0.1) is 6.92 Å². The summed E-state index contributed by atoms with van der Waals surface area (Å²) < 4.78 is 1.92. The Bertz CT molecular complexity index is 1470. The fourth-order valence-electron chi connectivity index (χ4n) is 3.83.